The van der Waals surface area contributed by atoms with Gasteiger partial charge >= 0.3 is 0 Å². The first-order chi connectivity index (χ1) is 17.4. The van der Waals surface area contributed by atoms with Crippen LogP contribution in [0.4, 0.5) is 5.69 Å². The van der Waals surface area contributed by atoms with Gasteiger partial charge in [0.2, 0.25) is 5.91 Å². The monoisotopic (exact) mass is 513 g/mol. The van der Waals surface area contributed by atoms with Crippen molar-refractivity contribution in [2.24, 2.45) is 0 Å². The van der Waals surface area contributed by atoms with E-state index in [9.17, 15) is 14.4 Å². The van der Waals surface area contributed by atoms with Crippen LogP contribution in [-0.2, 0) is 19.8 Å². The third-order valence-corrected chi connectivity index (χ3v) is 7.41. The van der Waals surface area contributed by atoms with Crippen LogP contribution in [0, 0.1) is 0 Å². The van der Waals surface area contributed by atoms with Gasteiger partial charge in [-0.2, -0.15) is 0 Å². The molecule has 2 aromatic carbocycles. The molecule has 1 saturated carbocycles. The van der Waals surface area contributed by atoms with E-state index in [0.29, 0.717) is 30.3 Å². The van der Waals surface area contributed by atoms with Crippen molar-refractivity contribution in [2.45, 2.75) is 24.7 Å². The second-order valence-electron chi connectivity index (χ2n) is 8.72. The maximum atomic E-state index is 13.5. The third-order valence-electron chi connectivity index (χ3n) is 6.49. The second-order valence-corrected chi connectivity index (χ2v) is 9.70. The van der Waals surface area contributed by atoms with Crippen molar-refractivity contribution in [3.8, 4) is 17.2 Å². The van der Waals surface area contributed by atoms with E-state index in [1.54, 1.807) is 42.4 Å². The number of carbonyl (C=O) groups excluding carboxylic acids is 3. The Hall–Kier alpha value is -3.40. The van der Waals surface area contributed by atoms with E-state index in [1.165, 1.54) is 18.9 Å². The Morgan fingerprint density at radius 2 is 1.56 bits per heavy atom. The lowest BCUT2D eigenvalue weighted by Gasteiger charge is -2.31. The summed E-state index contributed by atoms with van der Waals surface area (Å²) in [5, 5.41) is 5.94. The Labute approximate surface area is 215 Å². The lowest BCUT2D eigenvalue weighted by molar-refractivity contribution is -0.158. The van der Waals surface area contributed by atoms with Gasteiger partial charge in [-0.3, -0.25) is 24.4 Å². The predicted octanol–water partition coefficient (Wildman–Crippen LogP) is 3.09. The van der Waals surface area contributed by atoms with E-state index in [0.717, 1.165) is 30.6 Å². The number of hydrazine groups is 1. The summed E-state index contributed by atoms with van der Waals surface area (Å²) in [4.78, 5) is 39.0. The molecule has 0 radical (unpaired) electrons. The molecule has 1 N–H and O–H groups in total. The highest BCUT2D eigenvalue weighted by atomic mass is 32.2. The molecule has 0 spiro atoms. The summed E-state index contributed by atoms with van der Waals surface area (Å²) in [6, 6.07) is 12.7. The van der Waals surface area contributed by atoms with Gasteiger partial charge in [0.1, 0.15) is 17.2 Å². The number of hydrogen-bond donors (Lipinski definition) is 1. The number of rotatable bonds is 10. The normalized spacial score (nSPS) is 15.9. The Bertz CT molecular complexity index is 1120. The highest BCUT2D eigenvalue weighted by molar-refractivity contribution is 8.00. The number of methoxy groups -OCH3 is 3. The molecule has 2 aromatic rings. The molecule has 1 aliphatic carbocycles. The minimum atomic E-state index is -0.571. The van der Waals surface area contributed by atoms with Crippen molar-refractivity contribution in [1.82, 2.24) is 10.0 Å². The van der Waals surface area contributed by atoms with E-state index in [1.807, 2.05) is 24.3 Å². The maximum Gasteiger partial charge on any atom is 0.251 e. The summed E-state index contributed by atoms with van der Waals surface area (Å²) >= 11 is 1.21. The molecule has 2 fully saturated rings. The van der Waals surface area contributed by atoms with Gasteiger partial charge in [-0.15, -0.1) is 11.8 Å². The first-order valence-electron chi connectivity index (χ1n) is 11.8. The molecule has 0 atom stereocenters. The number of hydrogen-bond acceptors (Lipinski definition) is 7. The average Bonchev–Trinajstić information content (AvgIpc) is 3.57. The van der Waals surface area contributed by atoms with Crippen molar-refractivity contribution in [2.75, 3.05) is 51.2 Å². The molecule has 1 saturated heterocycles. The van der Waals surface area contributed by atoms with Gasteiger partial charge in [-0.05, 0) is 49.1 Å². The number of thioether (sulfide) groups is 1. The minimum Gasteiger partial charge on any atom is -0.497 e. The van der Waals surface area contributed by atoms with Crippen molar-refractivity contribution in [3.05, 3.63) is 48.0 Å². The summed E-state index contributed by atoms with van der Waals surface area (Å²) in [6.07, 6.45) is 2.26. The lowest BCUT2D eigenvalue weighted by atomic mass is 9.94. The van der Waals surface area contributed by atoms with Crippen molar-refractivity contribution < 1.29 is 28.6 Å². The van der Waals surface area contributed by atoms with Crippen LogP contribution in [-0.4, -0.2) is 73.7 Å². The topological polar surface area (TPSA) is 97.4 Å². The van der Waals surface area contributed by atoms with Gasteiger partial charge in [-0.1, -0.05) is 12.1 Å². The molecule has 2 aliphatic rings. The quantitative estimate of drug-likeness (QED) is 0.521. The fourth-order valence-electron chi connectivity index (χ4n) is 4.39. The van der Waals surface area contributed by atoms with Gasteiger partial charge in [0.25, 0.3) is 11.8 Å². The van der Waals surface area contributed by atoms with Crippen LogP contribution < -0.4 is 19.5 Å². The number of ether oxygens (including phenoxy) is 3. The predicted molar refractivity (Wildman–Crippen MR) is 137 cm³/mol. The summed E-state index contributed by atoms with van der Waals surface area (Å²) in [6.45, 7) is 1.01. The van der Waals surface area contributed by atoms with Gasteiger partial charge in [0, 0.05) is 19.2 Å². The molecule has 9 nitrogen and oxygen atoms in total. The Balaban J connectivity index is 1.32. The molecule has 1 heterocycles. The number of amides is 3. The second kappa shape index (κ2) is 11.1. The van der Waals surface area contributed by atoms with E-state index < -0.39 is 5.41 Å². The number of nitrogens with zero attached hydrogens (tertiary/aromatic N) is 2. The summed E-state index contributed by atoms with van der Waals surface area (Å²) in [5.74, 6) is 1.56. The molecule has 3 amide bonds. The van der Waals surface area contributed by atoms with Crippen LogP contribution >= 0.6 is 11.8 Å². The largest absolute Gasteiger partial charge is 0.497 e. The molecule has 10 heteroatoms. The summed E-state index contributed by atoms with van der Waals surface area (Å²) in [5.41, 5.74) is 0.878. The lowest BCUT2D eigenvalue weighted by Crippen LogP contribution is -2.49. The fourth-order valence-corrected chi connectivity index (χ4v) is 5.08. The molecule has 192 valence electrons. The Kier molecular flexibility index (Phi) is 7.93. The fraction of sp³-hybridized carbons (Fsp3) is 0.423. The first-order valence-corrected chi connectivity index (χ1v) is 12.9. The van der Waals surface area contributed by atoms with Crippen LogP contribution in [0.15, 0.2) is 42.5 Å². The van der Waals surface area contributed by atoms with Crippen LogP contribution in [0.25, 0.3) is 0 Å². The molecule has 36 heavy (non-hydrogen) atoms. The van der Waals surface area contributed by atoms with Crippen molar-refractivity contribution in [1.29, 1.82) is 0 Å². The first kappa shape index (κ1) is 25.7. The standard InChI is InChI=1S/C26H31N3O6S/c1-33-19-7-5-18(6-8-19)26(11-12-26)25(32)29-14-4-13-28(29)24(31)17-36-16-23(30)27-21-15-20(34-2)9-10-22(21)35-3/h5-10,15H,4,11-14,16-17H2,1-3H3,(H,27,30). The van der Waals surface area contributed by atoms with Crippen molar-refractivity contribution >= 4 is 35.2 Å². The Morgan fingerprint density at radius 3 is 2.19 bits per heavy atom. The third kappa shape index (κ3) is 5.38. The maximum absolute atomic E-state index is 13.5. The smallest absolute Gasteiger partial charge is 0.251 e. The van der Waals surface area contributed by atoms with Gasteiger partial charge in [0.15, 0.2) is 0 Å². The number of anilines is 1. The SMILES string of the molecule is COc1ccc(C2(C(=O)N3CCCN3C(=O)CSCC(=O)Nc3cc(OC)ccc3OC)CC2)cc1. The van der Waals surface area contributed by atoms with Crippen molar-refractivity contribution in [3.63, 3.8) is 0 Å². The highest BCUT2D eigenvalue weighted by Gasteiger charge is 2.54. The average molecular weight is 514 g/mol. The molecule has 1 aliphatic heterocycles. The summed E-state index contributed by atoms with van der Waals surface area (Å²) < 4.78 is 15.7. The minimum absolute atomic E-state index is 0.0358. The molecular weight excluding hydrogens is 482 g/mol. The molecule has 4 rings (SSSR count). The van der Waals surface area contributed by atoms with Crippen LogP contribution in [0.2, 0.25) is 0 Å². The molecular formula is C26H31N3O6S. The van der Waals surface area contributed by atoms with Gasteiger partial charge in [-0.25, -0.2) is 0 Å². The highest BCUT2D eigenvalue weighted by Crippen LogP contribution is 2.50. The van der Waals surface area contributed by atoms with Gasteiger partial charge in [0.05, 0.1) is 43.9 Å². The van der Waals surface area contributed by atoms with Crippen LogP contribution in [0.5, 0.6) is 17.2 Å². The Morgan fingerprint density at radius 1 is 0.889 bits per heavy atom. The zero-order valence-corrected chi connectivity index (χ0v) is 21.6. The van der Waals surface area contributed by atoms with E-state index in [2.05, 4.69) is 5.32 Å². The molecule has 0 bridgehead atoms. The number of benzene rings is 2. The number of nitrogens with one attached hydrogen (secondary N) is 1. The van der Waals surface area contributed by atoms with Gasteiger partial charge < -0.3 is 19.5 Å². The zero-order valence-electron chi connectivity index (χ0n) is 20.7. The van der Waals surface area contributed by atoms with Crippen LogP contribution in [0.3, 0.4) is 0 Å². The van der Waals surface area contributed by atoms with E-state index >= 15 is 0 Å². The molecule has 0 aromatic heterocycles. The van der Waals surface area contributed by atoms with Crippen LogP contribution in [0.1, 0.15) is 24.8 Å². The number of carbonyl (C=O) groups is 3. The van der Waals surface area contributed by atoms with E-state index in [-0.39, 0.29) is 29.2 Å². The zero-order chi connectivity index (χ0) is 25.7. The van der Waals surface area contributed by atoms with E-state index in [4.69, 9.17) is 14.2 Å². The summed E-state index contributed by atoms with van der Waals surface area (Å²) in [7, 11) is 4.68. The molecule has 0 unspecified atom stereocenters.